The normalized spacial score (nSPS) is 11.7. The van der Waals surface area contributed by atoms with Gasteiger partial charge >= 0.3 is 5.69 Å². The average Bonchev–Trinajstić information content (AvgIpc) is 3.00. The molecule has 0 radical (unpaired) electrons. The van der Waals surface area contributed by atoms with Crippen molar-refractivity contribution in [2.45, 2.75) is 45.1 Å². The number of amides is 1. The van der Waals surface area contributed by atoms with E-state index in [9.17, 15) is 18.0 Å². The predicted octanol–water partition coefficient (Wildman–Crippen LogP) is 1.30. The Kier molecular flexibility index (Phi) is 6.91. The summed E-state index contributed by atoms with van der Waals surface area (Å²) in [7, 11) is -3.69. The van der Waals surface area contributed by atoms with E-state index < -0.39 is 10.0 Å². The van der Waals surface area contributed by atoms with Gasteiger partial charge in [-0.2, -0.15) is 0 Å². The van der Waals surface area contributed by atoms with Crippen LogP contribution in [0.2, 0.25) is 0 Å². The predicted molar refractivity (Wildman–Crippen MR) is 118 cm³/mol. The highest BCUT2D eigenvalue weighted by molar-refractivity contribution is 7.89. The van der Waals surface area contributed by atoms with Crippen LogP contribution in [0.4, 0.5) is 0 Å². The Morgan fingerprint density at radius 2 is 1.81 bits per heavy atom. The van der Waals surface area contributed by atoms with Crippen LogP contribution in [0.3, 0.4) is 0 Å². The fraction of sp³-hybridized carbons (Fsp3) is 0.381. The van der Waals surface area contributed by atoms with Crippen LogP contribution in [-0.2, 0) is 21.4 Å². The summed E-state index contributed by atoms with van der Waals surface area (Å²) >= 11 is 0. The lowest BCUT2D eigenvalue weighted by Crippen LogP contribution is -2.32. The summed E-state index contributed by atoms with van der Waals surface area (Å²) in [6.45, 7) is 6.18. The summed E-state index contributed by atoms with van der Waals surface area (Å²) in [5.74, 6) is -0.262. The van der Waals surface area contributed by atoms with Gasteiger partial charge in [0, 0.05) is 32.3 Å². The topological polar surface area (TPSA) is 115 Å². The van der Waals surface area contributed by atoms with Gasteiger partial charge in [0.25, 0.3) is 0 Å². The molecular formula is C21H27N5O4S. The number of aryl methyl sites for hydroxylation is 4. The summed E-state index contributed by atoms with van der Waals surface area (Å²) in [4.78, 5) is 24.5. The zero-order chi connectivity index (χ0) is 22.6. The Balaban J connectivity index is 1.44. The summed E-state index contributed by atoms with van der Waals surface area (Å²) in [6.07, 6.45) is 2.21. The van der Waals surface area contributed by atoms with E-state index in [0.717, 1.165) is 5.56 Å². The molecule has 3 rings (SSSR count). The molecule has 0 aliphatic carbocycles. The van der Waals surface area contributed by atoms with Gasteiger partial charge in [-0.15, -0.1) is 5.10 Å². The number of pyridine rings is 1. The Morgan fingerprint density at radius 3 is 2.48 bits per heavy atom. The van der Waals surface area contributed by atoms with Gasteiger partial charge in [0.2, 0.25) is 15.9 Å². The fourth-order valence-electron chi connectivity index (χ4n) is 3.62. The van der Waals surface area contributed by atoms with Crippen molar-refractivity contribution in [3.05, 3.63) is 63.7 Å². The van der Waals surface area contributed by atoms with Crippen molar-refractivity contribution < 1.29 is 13.2 Å². The Labute approximate surface area is 181 Å². The highest BCUT2D eigenvalue weighted by Crippen LogP contribution is 2.21. The first-order valence-corrected chi connectivity index (χ1v) is 11.6. The van der Waals surface area contributed by atoms with Crippen molar-refractivity contribution in [2.75, 3.05) is 13.1 Å². The van der Waals surface area contributed by atoms with Crippen molar-refractivity contribution in [3.63, 3.8) is 0 Å². The van der Waals surface area contributed by atoms with Crippen LogP contribution in [0.25, 0.3) is 5.65 Å². The molecule has 0 saturated heterocycles. The molecule has 0 spiro atoms. The third-order valence-corrected chi connectivity index (χ3v) is 6.64. The highest BCUT2D eigenvalue weighted by Gasteiger charge is 2.19. The maximum Gasteiger partial charge on any atom is 0.350 e. The molecule has 0 fully saturated rings. The number of nitrogens with one attached hydrogen (secondary N) is 2. The van der Waals surface area contributed by atoms with E-state index in [1.54, 1.807) is 32.2 Å². The SMILES string of the molecule is Cc1cc(C)c(S(=O)(=O)NCCC(=O)NCCCn2nc3ccccn3c2=O)c(C)c1. The number of sulfonamides is 1. The standard InChI is InChI=1S/C21H27N5O4S/c1-15-13-16(2)20(17(3)14-15)31(29,30)23-10-8-19(27)22-9-6-12-26-21(28)25-11-5-4-7-18(25)24-26/h4-5,7,11,13-14,23H,6,8-10,12H2,1-3H3,(H,22,27). The molecule has 3 aromatic rings. The maximum absolute atomic E-state index is 12.6. The Bertz CT molecular complexity index is 1240. The van der Waals surface area contributed by atoms with Crippen molar-refractivity contribution in [1.29, 1.82) is 0 Å². The summed E-state index contributed by atoms with van der Waals surface area (Å²) in [6, 6.07) is 8.96. The molecule has 31 heavy (non-hydrogen) atoms. The molecule has 0 aliphatic heterocycles. The monoisotopic (exact) mass is 445 g/mol. The van der Waals surface area contributed by atoms with Crippen LogP contribution in [0.1, 0.15) is 29.5 Å². The summed E-state index contributed by atoms with van der Waals surface area (Å²) in [5.41, 5.74) is 2.70. The lowest BCUT2D eigenvalue weighted by Gasteiger charge is -2.13. The molecule has 0 aliphatic rings. The number of nitrogens with zero attached hydrogens (tertiary/aromatic N) is 3. The molecule has 2 heterocycles. The smallest absolute Gasteiger partial charge is 0.350 e. The van der Waals surface area contributed by atoms with Gasteiger partial charge in [-0.05, 0) is 50.5 Å². The van der Waals surface area contributed by atoms with E-state index in [4.69, 9.17) is 0 Å². The third-order valence-electron chi connectivity index (χ3n) is 4.87. The number of carbonyl (C=O) groups excluding carboxylic acids is 1. The van der Waals surface area contributed by atoms with E-state index in [-0.39, 0.29) is 29.5 Å². The fourth-order valence-corrected chi connectivity index (χ4v) is 5.10. The van der Waals surface area contributed by atoms with Crippen LogP contribution in [0.5, 0.6) is 0 Å². The molecule has 9 nitrogen and oxygen atoms in total. The van der Waals surface area contributed by atoms with Crippen molar-refractivity contribution in [2.24, 2.45) is 0 Å². The number of hydrogen-bond donors (Lipinski definition) is 2. The first kappa shape index (κ1) is 22.7. The summed E-state index contributed by atoms with van der Waals surface area (Å²) < 4.78 is 30.5. The Morgan fingerprint density at radius 1 is 1.10 bits per heavy atom. The van der Waals surface area contributed by atoms with Crippen LogP contribution < -0.4 is 15.7 Å². The van der Waals surface area contributed by atoms with Crippen LogP contribution in [0, 0.1) is 20.8 Å². The minimum Gasteiger partial charge on any atom is -0.356 e. The molecule has 166 valence electrons. The molecule has 0 unspecified atom stereocenters. The van der Waals surface area contributed by atoms with Gasteiger partial charge in [0.05, 0.1) is 4.90 Å². The van der Waals surface area contributed by atoms with Crippen molar-refractivity contribution >= 4 is 21.6 Å². The quantitative estimate of drug-likeness (QED) is 0.482. The first-order chi connectivity index (χ1) is 14.7. The van der Waals surface area contributed by atoms with Gasteiger partial charge in [-0.1, -0.05) is 23.8 Å². The molecular weight excluding hydrogens is 418 g/mol. The molecule has 0 bridgehead atoms. The second kappa shape index (κ2) is 9.44. The molecule has 0 saturated carbocycles. The maximum atomic E-state index is 12.6. The minimum absolute atomic E-state index is 0.00676. The number of carbonyl (C=O) groups is 1. The number of rotatable bonds is 9. The van der Waals surface area contributed by atoms with E-state index in [2.05, 4.69) is 15.1 Å². The van der Waals surface area contributed by atoms with Crippen molar-refractivity contribution in [3.8, 4) is 0 Å². The molecule has 2 aromatic heterocycles. The molecule has 1 aromatic carbocycles. The first-order valence-electron chi connectivity index (χ1n) is 10.1. The number of fused-ring (bicyclic) bond motifs is 1. The molecule has 0 atom stereocenters. The van der Waals surface area contributed by atoms with Crippen molar-refractivity contribution in [1.82, 2.24) is 24.2 Å². The van der Waals surface area contributed by atoms with E-state index in [1.165, 1.54) is 9.08 Å². The minimum atomic E-state index is -3.69. The van der Waals surface area contributed by atoms with Crippen LogP contribution in [0.15, 0.2) is 46.2 Å². The van der Waals surface area contributed by atoms with Crippen LogP contribution >= 0.6 is 0 Å². The Hall–Kier alpha value is -2.98. The highest BCUT2D eigenvalue weighted by atomic mass is 32.2. The van der Waals surface area contributed by atoms with Gasteiger partial charge in [-0.25, -0.2) is 22.6 Å². The van der Waals surface area contributed by atoms with Gasteiger partial charge in [0.1, 0.15) is 0 Å². The number of hydrogen-bond acceptors (Lipinski definition) is 5. The van der Waals surface area contributed by atoms with E-state index >= 15 is 0 Å². The molecule has 1 amide bonds. The molecule has 10 heteroatoms. The van der Waals surface area contributed by atoms with E-state index in [1.807, 2.05) is 25.1 Å². The lowest BCUT2D eigenvalue weighted by molar-refractivity contribution is -0.120. The summed E-state index contributed by atoms with van der Waals surface area (Å²) in [5, 5.41) is 6.97. The second-order valence-electron chi connectivity index (χ2n) is 7.51. The second-order valence-corrected chi connectivity index (χ2v) is 9.22. The lowest BCUT2D eigenvalue weighted by atomic mass is 10.1. The third kappa shape index (κ3) is 5.39. The number of aromatic nitrogens is 3. The largest absolute Gasteiger partial charge is 0.356 e. The van der Waals surface area contributed by atoms with Gasteiger partial charge < -0.3 is 5.32 Å². The zero-order valence-electron chi connectivity index (χ0n) is 17.9. The van der Waals surface area contributed by atoms with Crippen LogP contribution in [-0.4, -0.2) is 41.6 Å². The molecule has 2 N–H and O–H groups in total. The van der Waals surface area contributed by atoms with Gasteiger partial charge in [0.15, 0.2) is 5.65 Å². The van der Waals surface area contributed by atoms with Gasteiger partial charge in [-0.3, -0.25) is 9.20 Å². The number of benzene rings is 1. The van der Waals surface area contributed by atoms with E-state index in [0.29, 0.717) is 36.3 Å². The average molecular weight is 446 g/mol. The zero-order valence-corrected chi connectivity index (χ0v) is 18.7.